The first-order chi connectivity index (χ1) is 38.0. The van der Waals surface area contributed by atoms with Gasteiger partial charge in [-0.25, -0.2) is 42.1 Å². The van der Waals surface area contributed by atoms with Gasteiger partial charge in [0, 0.05) is 73.5 Å². The molecule has 6 atom stereocenters. The van der Waals surface area contributed by atoms with Gasteiger partial charge in [0.25, 0.3) is 12.3 Å². The molecule has 0 radical (unpaired) electrons. The van der Waals surface area contributed by atoms with E-state index in [0.717, 1.165) is 70.0 Å². The third-order valence-electron chi connectivity index (χ3n) is 14.6. The predicted octanol–water partition coefficient (Wildman–Crippen LogP) is 5.49. The molecule has 4 amide bonds. The lowest BCUT2D eigenvalue weighted by Gasteiger charge is -2.42. The first-order valence-corrected chi connectivity index (χ1v) is 25.2. The summed E-state index contributed by atoms with van der Waals surface area (Å²) in [6.45, 7) is 2.30. The van der Waals surface area contributed by atoms with Gasteiger partial charge in [0.1, 0.15) is 30.3 Å². The van der Waals surface area contributed by atoms with E-state index >= 15 is 8.78 Å². The monoisotopic (exact) mass is 1160 g/mol. The molecule has 4 aromatic rings. The number of aromatic nitrogens is 4. The number of anilines is 1. The van der Waals surface area contributed by atoms with Crippen LogP contribution in [0.4, 0.5) is 59.4 Å². The van der Waals surface area contributed by atoms with Gasteiger partial charge >= 0.3 is 24.5 Å². The highest BCUT2D eigenvalue weighted by atomic mass is 19.4. The fraction of sp³-hybridized carbons (Fsp3) is 0.519. The number of nitrogens with one attached hydrogen (secondary N) is 4. The van der Waals surface area contributed by atoms with Crippen molar-refractivity contribution in [3.05, 3.63) is 94.9 Å². The summed E-state index contributed by atoms with van der Waals surface area (Å²) in [5.74, 6) is 0.520. The minimum atomic E-state index is -5.23. The van der Waals surface area contributed by atoms with E-state index in [4.69, 9.17) is 4.74 Å². The molecule has 3 fully saturated rings. The molecule has 7 rings (SSSR count). The largest absolute Gasteiger partial charge is 0.453 e. The fourth-order valence-electron chi connectivity index (χ4n) is 9.41. The Morgan fingerprint density at radius 3 is 1.86 bits per heavy atom. The topological polar surface area (TPSA) is 218 Å². The van der Waals surface area contributed by atoms with Crippen LogP contribution >= 0.6 is 0 Å². The Morgan fingerprint density at radius 2 is 1.36 bits per heavy atom. The van der Waals surface area contributed by atoms with Crippen LogP contribution in [0.15, 0.2) is 61.1 Å². The number of nitrogens with zero attached hydrogens (tertiary/aromatic N) is 7. The molecular weight excluding hydrogens is 1100 g/mol. The number of hydrogen-bond acceptors (Lipinski definition) is 14. The first kappa shape index (κ1) is 61.3. The van der Waals surface area contributed by atoms with Gasteiger partial charge in [-0.3, -0.25) is 24.6 Å². The second-order valence-electron chi connectivity index (χ2n) is 20.9. The number of hydrazine groups is 1. The van der Waals surface area contributed by atoms with Gasteiger partial charge in [-0.15, -0.1) is 0 Å². The molecule has 2 aromatic carbocycles. The molecule has 2 bridgehead atoms. The number of aliphatic hydroxyl groups excluding tert-OH is 1. The van der Waals surface area contributed by atoms with Crippen LogP contribution in [0.5, 0.6) is 0 Å². The van der Waals surface area contributed by atoms with E-state index in [-0.39, 0.29) is 22.9 Å². The lowest BCUT2D eigenvalue weighted by molar-refractivity contribution is -0.221. The molecule has 29 heteroatoms. The van der Waals surface area contributed by atoms with Crippen molar-refractivity contribution in [3.8, 4) is 23.1 Å². The summed E-state index contributed by atoms with van der Waals surface area (Å²) in [5, 5.41) is 22.4. The highest BCUT2D eigenvalue weighted by Crippen LogP contribution is 2.42. The number of hydrogen-bond donors (Lipinski definition) is 5. The Balaban J connectivity index is 1.18. The summed E-state index contributed by atoms with van der Waals surface area (Å²) in [5.41, 5.74) is -4.27. The molecule has 0 aliphatic carbocycles. The van der Waals surface area contributed by atoms with Crippen LogP contribution in [0.1, 0.15) is 56.4 Å². The highest BCUT2D eigenvalue weighted by molar-refractivity contribution is 5.87. The van der Waals surface area contributed by atoms with Crippen LogP contribution in [-0.2, 0) is 43.3 Å². The van der Waals surface area contributed by atoms with E-state index in [0.29, 0.717) is 61.9 Å². The zero-order valence-electron chi connectivity index (χ0n) is 44.5. The Hall–Kier alpha value is -7.29. The Bertz CT molecular complexity index is 2930. The van der Waals surface area contributed by atoms with E-state index < -0.39 is 121 Å². The lowest BCUT2D eigenvalue weighted by atomic mass is 9.82. The van der Waals surface area contributed by atoms with Crippen LogP contribution in [0, 0.1) is 34.3 Å². The van der Waals surface area contributed by atoms with Gasteiger partial charge in [-0.05, 0) is 76.4 Å². The van der Waals surface area contributed by atoms with Gasteiger partial charge in [0.15, 0.2) is 0 Å². The van der Waals surface area contributed by atoms with Crippen LogP contribution in [0.25, 0.3) is 11.3 Å². The highest BCUT2D eigenvalue weighted by Gasteiger charge is 2.57. The molecule has 2 aromatic heterocycles. The van der Waals surface area contributed by atoms with Crippen LogP contribution < -0.4 is 26.3 Å². The second kappa shape index (κ2) is 24.8. The maximum Gasteiger partial charge on any atom is 0.407 e. The van der Waals surface area contributed by atoms with Crippen LogP contribution in [-0.4, -0.2) is 167 Å². The fourth-order valence-corrected chi connectivity index (χ4v) is 9.41. The number of ether oxygens (including phenoxy) is 3. The smallest absolute Gasteiger partial charge is 0.407 e. The van der Waals surface area contributed by atoms with Crippen LogP contribution in [0.3, 0.4) is 0 Å². The number of carbonyl (C=O) groups excluding carboxylic acids is 4. The van der Waals surface area contributed by atoms with Gasteiger partial charge in [-0.1, -0.05) is 24.0 Å². The third-order valence-corrected chi connectivity index (χ3v) is 14.6. The molecule has 19 nitrogen and oxygen atoms in total. The Morgan fingerprint density at radius 1 is 0.790 bits per heavy atom. The maximum atomic E-state index is 16.1. The zero-order chi connectivity index (χ0) is 59.4. The number of benzene rings is 2. The molecule has 3 aliphatic heterocycles. The molecule has 0 saturated carbocycles. The number of piperazine rings is 1. The molecule has 440 valence electrons. The van der Waals surface area contributed by atoms with Crippen molar-refractivity contribution in [3.63, 3.8) is 0 Å². The molecule has 3 saturated heterocycles. The standard InChI is InChI=1S/C52H59F10N11O8/c1-49(2,51(57,58)59)42(66-47(77)79-5)44(75)65-39(15-29-10-7-28(8-11-29)9-12-30-19-63-46(64-20-30)73-22-32-18-33(73)21-72(32)34-26-81-27-34)40(74)24-71(69-45(76)43(67-48(78)80-6)50(3,4)52(60,61)62)23-35-36(53)16-31(17-37(35)54)38-13-14-70(68-38)25-41(55)56/h7-8,10-11,13-14,16-17,19-20,32-34,39-43,74H,15,18,21-27H2,1-6H3,(H,65,75)(H,66,77)(H,67,78)(H,69,76)/t32-,33-,39-,40-,42+,43+/m0/s1. The lowest BCUT2D eigenvalue weighted by Crippen LogP contribution is -2.63. The van der Waals surface area contributed by atoms with E-state index in [1.54, 1.807) is 17.7 Å². The van der Waals surface area contributed by atoms with Crippen molar-refractivity contribution in [2.45, 2.75) is 115 Å². The maximum absolute atomic E-state index is 16.1. The number of methoxy groups -OCH3 is 2. The van der Waals surface area contributed by atoms with Gasteiger partial charge in [0.05, 0.1) is 67.7 Å². The number of alkyl halides is 8. The first-order valence-electron chi connectivity index (χ1n) is 25.2. The Kier molecular flexibility index (Phi) is 18.8. The average Bonchev–Trinajstić information content (AvgIpc) is 4.37. The normalized spacial score (nSPS) is 18.3. The van der Waals surface area contributed by atoms with E-state index in [1.807, 2.05) is 10.7 Å². The zero-order valence-corrected chi connectivity index (χ0v) is 44.5. The van der Waals surface area contributed by atoms with E-state index in [2.05, 4.69) is 51.5 Å². The number of amides is 4. The summed E-state index contributed by atoms with van der Waals surface area (Å²) in [6.07, 6.45) is -13.6. The number of likely N-dealkylation sites (tertiary alicyclic amines) is 1. The Labute approximate surface area is 458 Å². The summed E-state index contributed by atoms with van der Waals surface area (Å²) in [6, 6.07) is 2.94. The molecule has 3 aliphatic rings. The number of carbonyl (C=O) groups is 4. The molecule has 5 N–H and O–H groups in total. The van der Waals surface area contributed by atoms with Gasteiger partial charge < -0.3 is 40.2 Å². The van der Waals surface area contributed by atoms with Crippen molar-refractivity contribution >= 4 is 29.9 Å². The molecule has 81 heavy (non-hydrogen) atoms. The number of aliphatic hydroxyl groups is 1. The minimum Gasteiger partial charge on any atom is -0.453 e. The van der Waals surface area contributed by atoms with E-state index in [9.17, 15) is 59.4 Å². The predicted molar refractivity (Wildman–Crippen MR) is 267 cm³/mol. The number of fused-ring (bicyclic) bond motifs is 2. The van der Waals surface area contributed by atoms with Gasteiger partial charge in [0.2, 0.25) is 11.9 Å². The second-order valence-corrected chi connectivity index (χ2v) is 20.9. The van der Waals surface area contributed by atoms with Crippen molar-refractivity contribution < 1.29 is 82.4 Å². The third kappa shape index (κ3) is 14.4. The van der Waals surface area contributed by atoms with Crippen molar-refractivity contribution in [1.29, 1.82) is 0 Å². The number of halogens is 10. The summed E-state index contributed by atoms with van der Waals surface area (Å²) in [4.78, 5) is 66.6. The summed E-state index contributed by atoms with van der Waals surface area (Å²) < 4.78 is 161. The average molecular weight is 1160 g/mol. The van der Waals surface area contributed by atoms with E-state index in [1.165, 1.54) is 30.3 Å². The summed E-state index contributed by atoms with van der Waals surface area (Å²) in [7, 11) is 1.61. The number of rotatable bonds is 20. The van der Waals surface area contributed by atoms with Gasteiger partial charge in [-0.2, -0.15) is 31.4 Å². The SMILES string of the molecule is COC(=O)N[C@H](C(=O)N[C@@H](Cc1ccc(C#Cc2cnc(N3C[C@@H]4C[C@H]3CN4C3COC3)nc2)cc1)[C@@H](O)CN(Cc1c(F)cc(-c2ccn(CC(F)F)n2)cc1F)NC(=O)[C@@H](NC(=O)OC)C(C)(C)C(F)(F)F)C(C)(C)C(F)(F)F. The quantitative estimate of drug-likeness (QED) is 0.0420. The van der Waals surface area contributed by atoms with Crippen molar-refractivity contribution in [1.82, 2.24) is 51.0 Å². The van der Waals surface area contributed by atoms with Crippen molar-refractivity contribution in [2.75, 3.05) is 52.0 Å². The molecular formula is C52H59F10N11O8. The molecule has 0 spiro atoms. The van der Waals surface area contributed by atoms with Crippen molar-refractivity contribution in [2.24, 2.45) is 10.8 Å². The number of alkyl carbamates (subject to hydrolysis) is 2. The van der Waals surface area contributed by atoms with Crippen LogP contribution in [0.2, 0.25) is 0 Å². The molecule has 5 heterocycles. The molecule has 0 unspecified atom stereocenters. The summed E-state index contributed by atoms with van der Waals surface area (Å²) >= 11 is 0. The minimum absolute atomic E-state index is 0.157.